The van der Waals surface area contributed by atoms with Crippen LogP contribution in [0, 0.1) is 0 Å². The summed E-state index contributed by atoms with van der Waals surface area (Å²) in [6, 6.07) is 3.60. The molecule has 1 aromatic rings. The predicted octanol–water partition coefficient (Wildman–Crippen LogP) is 2.97. The summed E-state index contributed by atoms with van der Waals surface area (Å²) in [4.78, 5) is 0. The second-order valence-corrected chi connectivity index (χ2v) is 3.83. The number of aliphatic hydroxyl groups is 1. The second-order valence-electron chi connectivity index (χ2n) is 3.02. The van der Waals surface area contributed by atoms with Crippen molar-refractivity contribution in [1.29, 1.82) is 0 Å². The Kier molecular flexibility index (Phi) is 2.03. The number of fused-ring (bicyclic) bond motifs is 1. The number of benzene rings is 1. The van der Waals surface area contributed by atoms with Crippen LogP contribution < -0.4 is 0 Å². The van der Waals surface area contributed by atoms with Crippen LogP contribution in [0.4, 0.5) is 0 Å². The van der Waals surface area contributed by atoms with E-state index in [4.69, 9.17) is 23.2 Å². The Morgan fingerprint density at radius 2 is 1.92 bits per heavy atom. The Morgan fingerprint density at radius 3 is 2.67 bits per heavy atom. The molecule has 1 aromatic carbocycles. The Balaban J connectivity index is 2.56. The van der Waals surface area contributed by atoms with Crippen molar-refractivity contribution in [1.82, 2.24) is 0 Å². The molecule has 0 amide bonds. The van der Waals surface area contributed by atoms with Gasteiger partial charge in [-0.3, -0.25) is 0 Å². The quantitative estimate of drug-likeness (QED) is 0.687. The molecule has 1 aliphatic rings. The van der Waals surface area contributed by atoms with Gasteiger partial charge in [0.25, 0.3) is 0 Å². The summed E-state index contributed by atoms with van der Waals surface area (Å²) < 4.78 is 0. The molecule has 0 saturated heterocycles. The van der Waals surface area contributed by atoms with Crippen molar-refractivity contribution in [3.8, 4) is 0 Å². The van der Waals surface area contributed by atoms with E-state index in [1.807, 2.05) is 6.07 Å². The Morgan fingerprint density at radius 1 is 1.25 bits per heavy atom. The highest BCUT2D eigenvalue weighted by atomic mass is 35.5. The molecule has 64 valence electrons. The van der Waals surface area contributed by atoms with Crippen LogP contribution in [0.15, 0.2) is 12.1 Å². The molecule has 2 rings (SSSR count). The molecular formula is C9H8Cl2O. The van der Waals surface area contributed by atoms with Crippen molar-refractivity contribution in [2.45, 2.75) is 18.9 Å². The summed E-state index contributed by atoms with van der Waals surface area (Å²) in [7, 11) is 0. The largest absolute Gasteiger partial charge is 0.388 e. The minimum atomic E-state index is -0.352. The molecule has 3 heteroatoms. The Hall–Kier alpha value is -0.240. The van der Waals surface area contributed by atoms with Gasteiger partial charge in [0.2, 0.25) is 0 Å². The monoisotopic (exact) mass is 202 g/mol. The normalized spacial score (nSPS) is 21.1. The van der Waals surface area contributed by atoms with E-state index in [0.29, 0.717) is 10.0 Å². The number of halogens is 2. The molecule has 1 nitrogen and oxygen atoms in total. The Labute approximate surface area is 80.9 Å². The zero-order valence-corrected chi connectivity index (χ0v) is 7.86. The lowest BCUT2D eigenvalue weighted by Gasteiger charge is -2.04. The van der Waals surface area contributed by atoms with Crippen LogP contribution in [0.25, 0.3) is 0 Å². The predicted molar refractivity (Wildman–Crippen MR) is 49.7 cm³/mol. The number of rotatable bonds is 0. The van der Waals surface area contributed by atoms with Gasteiger partial charge in [-0.15, -0.1) is 0 Å². The second kappa shape index (κ2) is 2.91. The summed E-state index contributed by atoms with van der Waals surface area (Å²) >= 11 is 11.6. The molecule has 0 heterocycles. The van der Waals surface area contributed by atoms with Crippen LogP contribution in [0.5, 0.6) is 0 Å². The smallest absolute Gasteiger partial charge is 0.0796 e. The minimum Gasteiger partial charge on any atom is -0.388 e. The van der Waals surface area contributed by atoms with Crippen LogP contribution in [-0.2, 0) is 6.42 Å². The highest BCUT2D eigenvalue weighted by Gasteiger charge is 2.21. The van der Waals surface area contributed by atoms with E-state index in [-0.39, 0.29) is 6.10 Å². The van der Waals surface area contributed by atoms with Gasteiger partial charge >= 0.3 is 0 Å². The third-order valence-electron chi connectivity index (χ3n) is 2.23. The molecule has 0 aliphatic heterocycles. The number of hydrogen-bond donors (Lipinski definition) is 1. The van der Waals surface area contributed by atoms with Crippen molar-refractivity contribution in [3.63, 3.8) is 0 Å². The van der Waals surface area contributed by atoms with Crippen molar-refractivity contribution < 1.29 is 5.11 Å². The van der Waals surface area contributed by atoms with E-state index in [0.717, 1.165) is 24.0 Å². The van der Waals surface area contributed by atoms with E-state index < -0.39 is 0 Å². The lowest BCUT2D eigenvalue weighted by molar-refractivity contribution is 0.180. The lowest BCUT2D eigenvalue weighted by atomic mass is 10.1. The third kappa shape index (κ3) is 1.22. The van der Waals surface area contributed by atoms with Crippen LogP contribution in [0.3, 0.4) is 0 Å². The van der Waals surface area contributed by atoms with Crippen molar-refractivity contribution in [2.75, 3.05) is 0 Å². The highest BCUT2D eigenvalue weighted by molar-refractivity contribution is 6.42. The highest BCUT2D eigenvalue weighted by Crippen LogP contribution is 2.36. The first-order valence-electron chi connectivity index (χ1n) is 3.84. The average Bonchev–Trinajstić information content (AvgIpc) is 2.35. The molecule has 1 aliphatic carbocycles. The van der Waals surface area contributed by atoms with Gasteiger partial charge in [-0.25, -0.2) is 0 Å². The number of aliphatic hydroxyl groups excluding tert-OH is 1. The van der Waals surface area contributed by atoms with Gasteiger partial charge in [0, 0.05) is 0 Å². The molecule has 1 N–H and O–H groups in total. The first-order valence-corrected chi connectivity index (χ1v) is 4.60. The minimum absolute atomic E-state index is 0.352. The molecule has 0 saturated carbocycles. The maximum atomic E-state index is 9.49. The summed E-state index contributed by atoms with van der Waals surface area (Å²) in [5.74, 6) is 0. The maximum absolute atomic E-state index is 9.49. The fourth-order valence-electron chi connectivity index (χ4n) is 1.58. The SMILES string of the molecule is O[C@H]1CCc2cc(Cl)c(Cl)cc21. The zero-order valence-electron chi connectivity index (χ0n) is 6.35. The Bertz CT molecular complexity index is 323. The van der Waals surface area contributed by atoms with Gasteiger partial charge in [0.05, 0.1) is 16.1 Å². The third-order valence-corrected chi connectivity index (χ3v) is 2.95. The average molecular weight is 203 g/mol. The van der Waals surface area contributed by atoms with E-state index in [2.05, 4.69) is 0 Å². The van der Waals surface area contributed by atoms with E-state index in [1.165, 1.54) is 0 Å². The van der Waals surface area contributed by atoms with Gasteiger partial charge in [-0.2, -0.15) is 0 Å². The molecule has 0 bridgehead atoms. The topological polar surface area (TPSA) is 20.2 Å². The van der Waals surface area contributed by atoms with Crippen LogP contribution in [0.2, 0.25) is 10.0 Å². The molecule has 0 aromatic heterocycles. The molecule has 0 fully saturated rings. The molecule has 0 spiro atoms. The number of hydrogen-bond acceptors (Lipinski definition) is 1. The fourth-order valence-corrected chi connectivity index (χ4v) is 1.94. The van der Waals surface area contributed by atoms with Crippen molar-refractivity contribution in [3.05, 3.63) is 33.3 Å². The molecular weight excluding hydrogens is 195 g/mol. The molecule has 12 heavy (non-hydrogen) atoms. The first kappa shape index (κ1) is 8.36. The molecule has 0 radical (unpaired) electrons. The summed E-state index contributed by atoms with van der Waals surface area (Å²) in [6.07, 6.45) is 1.33. The van der Waals surface area contributed by atoms with Gasteiger partial charge < -0.3 is 5.11 Å². The van der Waals surface area contributed by atoms with Gasteiger partial charge in [0.15, 0.2) is 0 Å². The van der Waals surface area contributed by atoms with E-state index in [1.54, 1.807) is 6.07 Å². The van der Waals surface area contributed by atoms with Gasteiger partial charge in [-0.1, -0.05) is 23.2 Å². The molecule has 0 unspecified atom stereocenters. The van der Waals surface area contributed by atoms with E-state index >= 15 is 0 Å². The van der Waals surface area contributed by atoms with Crippen molar-refractivity contribution >= 4 is 23.2 Å². The summed E-state index contributed by atoms with van der Waals surface area (Å²) in [5.41, 5.74) is 2.06. The fraction of sp³-hybridized carbons (Fsp3) is 0.333. The van der Waals surface area contributed by atoms with Crippen LogP contribution >= 0.6 is 23.2 Å². The maximum Gasteiger partial charge on any atom is 0.0796 e. The summed E-state index contributed by atoms with van der Waals surface area (Å²) in [6.45, 7) is 0. The van der Waals surface area contributed by atoms with Crippen LogP contribution in [0.1, 0.15) is 23.7 Å². The van der Waals surface area contributed by atoms with Crippen molar-refractivity contribution in [2.24, 2.45) is 0 Å². The van der Waals surface area contributed by atoms with Gasteiger partial charge in [-0.05, 0) is 36.1 Å². The number of aryl methyl sites for hydroxylation is 1. The molecule has 1 atom stereocenters. The zero-order chi connectivity index (χ0) is 8.72. The first-order chi connectivity index (χ1) is 5.68. The summed E-state index contributed by atoms with van der Waals surface area (Å²) in [5, 5.41) is 10.6. The standard InChI is InChI=1S/C9H8Cl2O/c10-7-3-5-1-2-9(12)6(5)4-8(7)11/h3-4,9,12H,1-2H2/t9-/m0/s1. The van der Waals surface area contributed by atoms with Gasteiger partial charge in [0.1, 0.15) is 0 Å². The lowest BCUT2D eigenvalue weighted by Crippen LogP contribution is -1.89. The van der Waals surface area contributed by atoms with E-state index in [9.17, 15) is 5.11 Å². The van der Waals surface area contributed by atoms with Crippen LogP contribution in [-0.4, -0.2) is 5.11 Å².